The van der Waals surface area contributed by atoms with E-state index in [1.165, 1.54) is 24.0 Å². The van der Waals surface area contributed by atoms with Crippen molar-refractivity contribution in [2.24, 2.45) is 5.92 Å². The van der Waals surface area contributed by atoms with Gasteiger partial charge in [0.2, 0.25) is 0 Å². The maximum absolute atomic E-state index is 6.67. The quantitative estimate of drug-likeness (QED) is 0.583. The van der Waals surface area contributed by atoms with Crippen LogP contribution in [0.3, 0.4) is 0 Å². The van der Waals surface area contributed by atoms with Gasteiger partial charge >= 0.3 is 0 Å². The Labute approximate surface area is 169 Å². The standard InChI is InChI=1S/C23H31ClN2O/c1-25(2)23(19-7-5-4-6-8-19)20-11-13-21(14-12-20)26(24)17-18-9-15-22(27-3)16-10-18/h4-10,15-16,20-21,23H,11-14,17H2,1-3H3. The topological polar surface area (TPSA) is 15.7 Å². The first-order valence-electron chi connectivity index (χ1n) is 9.85. The van der Waals surface area contributed by atoms with Crippen LogP contribution in [0.5, 0.6) is 5.75 Å². The Balaban J connectivity index is 1.57. The lowest BCUT2D eigenvalue weighted by atomic mass is 9.78. The molecule has 0 amide bonds. The highest BCUT2D eigenvalue weighted by molar-refractivity contribution is 6.13. The molecule has 1 unspecified atom stereocenters. The van der Waals surface area contributed by atoms with E-state index >= 15 is 0 Å². The van der Waals surface area contributed by atoms with Crippen molar-refractivity contribution in [2.45, 2.75) is 44.3 Å². The maximum atomic E-state index is 6.67. The molecule has 1 atom stereocenters. The largest absolute Gasteiger partial charge is 0.497 e. The monoisotopic (exact) mass is 386 g/mol. The average Bonchev–Trinajstić information content (AvgIpc) is 2.70. The maximum Gasteiger partial charge on any atom is 0.118 e. The summed E-state index contributed by atoms with van der Waals surface area (Å²) in [5, 5.41) is 0. The fourth-order valence-electron chi connectivity index (χ4n) is 4.37. The predicted molar refractivity (Wildman–Crippen MR) is 113 cm³/mol. The molecular weight excluding hydrogens is 356 g/mol. The van der Waals surface area contributed by atoms with Crippen LogP contribution in [-0.2, 0) is 6.54 Å². The summed E-state index contributed by atoms with van der Waals surface area (Å²) < 4.78 is 7.24. The van der Waals surface area contributed by atoms with E-state index in [1.54, 1.807) is 7.11 Å². The Kier molecular flexibility index (Phi) is 7.17. The van der Waals surface area contributed by atoms with E-state index in [4.69, 9.17) is 16.5 Å². The number of hydrogen-bond donors (Lipinski definition) is 0. The number of nitrogens with zero attached hydrogens (tertiary/aromatic N) is 2. The lowest BCUT2D eigenvalue weighted by Gasteiger charge is -2.39. The second kappa shape index (κ2) is 9.59. The SMILES string of the molecule is COc1ccc(CN(Cl)C2CCC(C(c3ccccc3)N(C)C)CC2)cc1. The third kappa shape index (κ3) is 5.25. The van der Waals surface area contributed by atoms with E-state index < -0.39 is 0 Å². The molecule has 4 heteroatoms. The third-order valence-electron chi connectivity index (χ3n) is 5.77. The number of halogens is 1. The number of methoxy groups -OCH3 is 1. The summed E-state index contributed by atoms with van der Waals surface area (Å²) in [7, 11) is 6.08. The molecule has 0 radical (unpaired) electrons. The van der Waals surface area contributed by atoms with E-state index in [-0.39, 0.29) is 0 Å². The van der Waals surface area contributed by atoms with Crippen LogP contribution in [0.2, 0.25) is 0 Å². The summed E-state index contributed by atoms with van der Waals surface area (Å²) >= 11 is 6.67. The van der Waals surface area contributed by atoms with Gasteiger partial charge in [-0.15, -0.1) is 0 Å². The fourth-order valence-corrected chi connectivity index (χ4v) is 4.71. The zero-order valence-electron chi connectivity index (χ0n) is 16.6. The molecule has 0 N–H and O–H groups in total. The van der Waals surface area contributed by atoms with Gasteiger partial charge in [0, 0.05) is 18.6 Å². The van der Waals surface area contributed by atoms with Gasteiger partial charge in [0.05, 0.1) is 7.11 Å². The molecule has 2 aromatic rings. The molecule has 1 aliphatic rings. The Hall–Kier alpha value is -1.55. The molecule has 0 spiro atoms. The normalized spacial score (nSPS) is 21.4. The smallest absolute Gasteiger partial charge is 0.118 e. The van der Waals surface area contributed by atoms with Gasteiger partial charge in [0.15, 0.2) is 0 Å². The van der Waals surface area contributed by atoms with Gasteiger partial charge < -0.3 is 9.64 Å². The Morgan fingerprint density at radius 2 is 1.59 bits per heavy atom. The average molecular weight is 387 g/mol. The summed E-state index contributed by atoms with van der Waals surface area (Å²) in [6, 6.07) is 20.0. The van der Waals surface area contributed by atoms with E-state index in [9.17, 15) is 0 Å². The number of benzene rings is 2. The van der Waals surface area contributed by atoms with Crippen LogP contribution in [0.1, 0.15) is 42.9 Å². The van der Waals surface area contributed by atoms with Crippen LogP contribution in [0, 0.1) is 5.92 Å². The van der Waals surface area contributed by atoms with Crippen molar-refractivity contribution in [1.82, 2.24) is 9.32 Å². The highest BCUT2D eigenvalue weighted by Crippen LogP contribution is 2.39. The second-order valence-corrected chi connectivity index (χ2v) is 8.23. The van der Waals surface area contributed by atoms with E-state index in [1.807, 2.05) is 16.6 Å². The summed E-state index contributed by atoms with van der Waals surface area (Å²) in [6.45, 7) is 0.774. The molecule has 27 heavy (non-hydrogen) atoms. The van der Waals surface area contributed by atoms with Crippen molar-refractivity contribution in [3.05, 3.63) is 65.7 Å². The molecule has 1 aliphatic carbocycles. The molecule has 1 fully saturated rings. The fraction of sp³-hybridized carbons (Fsp3) is 0.478. The van der Waals surface area contributed by atoms with Gasteiger partial charge in [-0.1, -0.05) is 42.5 Å². The van der Waals surface area contributed by atoms with Gasteiger partial charge in [-0.25, -0.2) is 4.42 Å². The van der Waals surface area contributed by atoms with Crippen molar-refractivity contribution in [3.8, 4) is 5.75 Å². The third-order valence-corrected chi connectivity index (χ3v) is 6.17. The van der Waals surface area contributed by atoms with Crippen LogP contribution >= 0.6 is 11.8 Å². The van der Waals surface area contributed by atoms with Crippen LogP contribution in [0.15, 0.2) is 54.6 Å². The lowest BCUT2D eigenvalue weighted by Crippen LogP contribution is -2.36. The lowest BCUT2D eigenvalue weighted by molar-refractivity contribution is 0.136. The van der Waals surface area contributed by atoms with Gasteiger partial charge in [-0.2, -0.15) is 0 Å². The second-order valence-electron chi connectivity index (χ2n) is 7.79. The molecule has 1 saturated carbocycles. The summed E-state index contributed by atoms with van der Waals surface area (Å²) in [5.41, 5.74) is 2.65. The molecule has 0 heterocycles. The van der Waals surface area contributed by atoms with Gasteiger partial charge in [-0.05, 0) is 80.7 Å². The summed E-state index contributed by atoms with van der Waals surface area (Å²) in [5.74, 6) is 1.57. The zero-order chi connectivity index (χ0) is 19.2. The van der Waals surface area contributed by atoms with Crippen LogP contribution in [0.25, 0.3) is 0 Å². The highest BCUT2D eigenvalue weighted by Gasteiger charge is 2.31. The summed E-state index contributed by atoms with van der Waals surface area (Å²) in [4.78, 5) is 2.37. The molecule has 0 bridgehead atoms. The zero-order valence-corrected chi connectivity index (χ0v) is 17.4. The number of rotatable bonds is 7. The molecule has 146 valence electrons. The van der Waals surface area contributed by atoms with Crippen molar-refractivity contribution in [3.63, 3.8) is 0 Å². The Morgan fingerprint density at radius 3 is 2.15 bits per heavy atom. The van der Waals surface area contributed by atoms with Crippen molar-refractivity contribution >= 4 is 11.8 Å². The van der Waals surface area contributed by atoms with E-state index in [0.717, 1.165) is 25.1 Å². The molecule has 2 aromatic carbocycles. The van der Waals surface area contributed by atoms with Gasteiger partial charge in [0.25, 0.3) is 0 Å². The van der Waals surface area contributed by atoms with Gasteiger partial charge in [-0.3, -0.25) is 0 Å². The Morgan fingerprint density at radius 1 is 0.963 bits per heavy atom. The Bertz CT molecular complexity index is 681. The molecular formula is C23H31ClN2O. The van der Waals surface area contributed by atoms with Crippen LogP contribution < -0.4 is 4.74 Å². The minimum Gasteiger partial charge on any atom is -0.497 e. The first-order valence-corrected chi connectivity index (χ1v) is 10.2. The summed E-state index contributed by atoms with van der Waals surface area (Å²) in [6.07, 6.45) is 4.74. The van der Waals surface area contributed by atoms with Crippen LogP contribution in [0.4, 0.5) is 0 Å². The van der Waals surface area contributed by atoms with Crippen molar-refractivity contribution in [2.75, 3.05) is 21.2 Å². The molecule has 0 aliphatic heterocycles. The highest BCUT2D eigenvalue weighted by atomic mass is 35.5. The van der Waals surface area contributed by atoms with Crippen LogP contribution in [-0.4, -0.2) is 36.6 Å². The molecule has 0 aromatic heterocycles. The molecule has 3 rings (SSSR count). The molecule has 0 saturated heterocycles. The van der Waals surface area contributed by atoms with Crippen molar-refractivity contribution < 1.29 is 4.74 Å². The minimum absolute atomic E-state index is 0.448. The first-order chi connectivity index (χ1) is 13.1. The van der Waals surface area contributed by atoms with E-state index in [0.29, 0.717) is 18.0 Å². The van der Waals surface area contributed by atoms with Gasteiger partial charge in [0.1, 0.15) is 5.75 Å². The number of ether oxygens (including phenoxy) is 1. The minimum atomic E-state index is 0.448. The van der Waals surface area contributed by atoms with Crippen molar-refractivity contribution in [1.29, 1.82) is 0 Å². The first kappa shape index (κ1) is 20.2. The predicted octanol–water partition coefficient (Wildman–Crippen LogP) is 5.51. The molecule has 3 nitrogen and oxygen atoms in total. The number of hydrogen-bond acceptors (Lipinski definition) is 3. The van der Waals surface area contributed by atoms with E-state index in [2.05, 4.69) is 61.5 Å².